The third kappa shape index (κ3) is 10.0. The highest BCUT2D eigenvalue weighted by atomic mass is 32.2. The van der Waals surface area contributed by atoms with Gasteiger partial charge in [0, 0.05) is 79.7 Å². The number of phenols is 1. The molecule has 2 aromatic carbocycles. The van der Waals surface area contributed by atoms with Crippen LogP contribution in [0, 0.1) is 16.7 Å². The predicted molar refractivity (Wildman–Crippen MR) is 266 cm³/mol. The van der Waals surface area contributed by atoms with Crippen LogP contribution in [0.25, 0.3) is 33.3 Å². The molecule has 17 nitrogen and oxygen atoms in total. The number of benzene rings is 2. The van der Waals surface area contributed by atoms with Crippen LogP contribution in [-0.4, -0.2) is 119 Å². The molecule has 4 amide bonds. The number of methoxy groups -OCH3 is 1. The number of aryl methyl sites for hydroxylation is 1. The fourth-order valence-electron chi connectivity index (χ4n) is 11.0. The van der Waals surface area contributed by atoms with Crippen LogP contribution in [0.3, 0.4) is 0 Å². The van der Waals surface area contributed by atoms with Gasteiger partial charge in [-0.1, -0.05) is 46.4 Å². The van der Waals surface area contributed by atoms with Gasteiger partial charge in [0.15, 0.2) is 0 Å². The van der Waals surface area contributed by atoms with Gasteiger partial charge in [-0.2, -0.15) is 4.31 Å². The number of piperidine rings is 1. The van der Waals surface area contributed by atoms with E-state index in [0.717, 1.165) is 44.4 Å². The van der Waals surface area contributed by atoms with Crippen molar-refractivity contribution in [1.82, 2.24) is 39.8 Å². The molecule has 4 atom stereocenters. The molecule has 376 valence electrons. The second-order valence-electron chi connectivity index (χ2n) is 20.5. The maximum atomic E-state index is 14.8. The van der Waals surface area contributed by atoms with E-state index in [1.807, 2.05) is 39.0 Å². The van der Waals surface area contributed by atoms with Crippen LogP contribution in [0.5, 0.6) is 5.75 Å². The number of nitrogens with zero attached hydrogens (tertiary/aromatic N) is 5. The highest BCUT2D eigenvalue weighted by Gasteiger charge is 2.52. The van der Waals surface area contributed by atoms with E-state index in [0.29, 0.717) is 69.3 Å². The molecule has 1 spiro atoms. The lowest BCUT2D eigenvalue weighted by atomic mass is 9.77. The molecule has 2 aromatic heterocycles. The Bertz CT molecular complexity index is 2780. The monoisotopic (exact) mass is 980 g/mol. The van der Waals surface area contributed by atoms with Gasteiger partial charge in [-0.3, -0.25) is 24.4 Å². The van der Waals surface area contributed by atoms with Crippen molar-refractivity contribution in [2.45, 2.75) is 117 Å². The van der Waals surface area contributed by atoms with Gasteiger partial charge in [0.05, 0.1) is 29.5 Å². The number of likely N-dealkylation sites (tertiary alicyclic amines) is 1. The molecule has 4 aliphatic heterocycles. The van der Waals surface area contributed by atoms with Crippen LogP contribution in [-0.2, 0) is 53.3 Å². The third-order valence-electron chi connectivity index (χ3n) is 14.7. The number of nitrogens with one attached hydrogen (secondary N) is 3. The Morgan fingerprint density at radius 1 is 1.04 bits per heavy atom. The first kappa shape index (κ1) is 50.6. The number of cyclic esters (lactones) is 1. The number of carbonyl (C=O) groups is 4. The number of hydrogen-bond acceptors (Lipinski definition) is 11. The second kappa shape index (κ2) is 20.1. The molecule has 4 aromatic rings. The Balaban J connectivity index is 1.18. The van der Waals surface area contributed by atoms with Gasteiger partial charge in [-0.25, -0.2) is 18.6 Å². The molecule has 18 heteroatoms. The van der Waals surface area contributed by atoms with Crippen molar-refractivity contribution in [2.24, 2.45) is 16.7 Å². The van der Waals surface area contributed by atoms with Gasteiger partial charge in [-0.15, -0.1) is 0 Å². The lowest BCUT2D eigenvalue weighted by Crippen LogP contribution is -2.63. The van der Waals surface area contributed by atoms with E-state index in [2.05, 4.69) is 66.2 Å². The average Bonchev–Trinajstić information content (AvgIpc) is 3.80. The quantitative estimate of drug-likeness (QED) is 0.137. The maximum absolute atomic E-state index is 14.8. The van der Waals surface area contributed by atoms with Crippen molar-refractivity contribution in [2.75, 3.05) is 39.9 Å². The standard InChI is InChI=1S/C52H68N8O9S/c1-9-58-42-16-15-35-29-39(42)40(46(58)38-13-11-20-53-44(38)33(5)68-8)30-51(6,7)31-69-50(65)55-43-14-12-21-60(56-43)48(63)41(27-34-25-36(35)28-37(61)26-34)54-47(62)45(32(3)4)59-24-19-52(49(59)64)17-22-57(23-18-52)70(66,67)10-2/h10-11,13,15-16,20,25-26,28-29,32-33,41,43,45,56,61H,2,9,12,14,17-19,21-24,27,30-31H2,1,3-8H3,(H,54,62)(H,55,65)/t33-,41-,43-,45-/m0/s1. The van der Waals surface area contributed by atoms with Crippen LogP contribution in [0.1, 0.15) is 96.6 Å². The highest BCUT2D eigenvalue weighted by Crippen LogP contribution is 2.45. The van der Waals surface area contributed by atoms with Crippen molar-refractivity contribution < 1.29 is 42.2 Å². The minimum Gasteiger partial charge on any atom is -0.508 e. The van der Waals surface area contributed by atoms with Crippen LogP contribution in [0.2, 0.25) is 0 Å². The van der Waals surface area contributed by atoms with E-state index < -0.39 is 57.0 Å². The summed E-state index contributed by atoms with van der Waals surface area (Å²) in [5, 5.41) is 20.7. The van der Waals surface area contributed by atoms with Gasteiger partial charge >= 0.3 is 6.09 Å². The second-order valence-corrected chi connectivity index (χ2v) is 22.4. The Morgan fingerprint density at radius 2 is 1.79 bits per heavy atom. The number of aromatic hydroxyl groups is 1. The molecule has 70 heavy (non-hydrogen) atoms. The maximum Gasteiger partial charge on any atom is 0.408 e. The van der Waals surface area contributed by atoms with Crippen molar-refractivity contribution in [3.8, 4) is 28.1 Å². The molecule has 8 rings (SSSR count). The lowest BCUT2D eigenvalue weighted by Gasteiger charge is -2.39. The molecule has 4 N–H and O–H groups in total. The normalized spacial score (nSPS) is 22.0. The van der Waals surface area contributed by atoms with Gasteiger partial charge in [-0.05, 0) is 117 Å². The zero-order chi connectivity index (χ0) is 50.3. The number of alkyl carbamates (subject to hydrolysis) is 1. The van der Waals surface area contributed by atoms with Crippen LogP contribution in [0.4, 0.5) is 4.79 Å². The van der Waals surface area contributed by atoms with Crippen LogP contribution in [0.15, 0.2) is 66.7 Å². The predicted octanol–water partition coefficient (Wildman–Crippen LogP) is 6.40. The van der Waals surface area contributed by atoms with Crippen molar-refractivity contribution in [3.05, 3.63) is 83.5 Å². The summed E-state index contributed by atoms with van der Waals surface area (Å²) in [7, 11) is -1.98. The molecule has 6 heterocycles. The molecule has 3 saturated heterocycles. The van der Waals surface area contributed by atoms with Gasteiger partial charge in [0.25, 0.3) is 5.91 Å². The number of carbonyl (C=O) groups excluding carboxylic acids is 4. The van der Waals surface area contributed by atoms with Crippen molar-refractivity contribution >= 4 is 44.7 Å². The summed E-state index contributed by atoms with van der Waals surface area (Å²) in [6.45, 7) is 17.0. The summed E-state index contributed by atoms with van der Waals surface area (Å²) >= 11 is 0. The number of aromatic nitrogens is 2. The lowest BCUT2D eigenvalue weighted by molar-refractivity contribution is -0.147. The van der Waals surface area contributed by atoms with E-state index in [-0.39, 0.29) is 49.8 Å². The molecule has 6 bridgehead atoms. The average molecular weight is 981 g/mol. The molecular weight excluding hydrogens is 913 g/mol. The Labute approximate surface area is 411 Å². The Kier molecular flexibility index (Phi) is 14.5. The van der Waals surface area contributed by atoms with Crippen molar-refractivity contribution in [1.29, 1.82) is 0 Å². The number of amides is 4. The van der Waals surface area contributed by atoms with E-state index >= 15 is 0 Å². The number of ether oxygens (including phenoxy) is 2. The van der Waals surface area contributed by atoms with Gasteiger partial charge in [0.1, 0.15) is 24.0 Å². The van der Waals surface area contributed by atoms with E-state index in [1.54, 1.807) is 30.3 Å². The first-order valence-electron chi connectivity index (χ1n) is 24.5. The molecular formula is C52H68N8O9S. The fraction of sp³-hybridized carbons (Fsp3) is 0.519. The topological polar surface area (TPSA) is 205 Å². The molecule has 0 saturated carbocycles. The van der Waals surface area contributed by atoms with E-state index in [9.17, 15) is 32.7 Å². The smallest absolute Gasteiger partial charge is 0.408 e. The van der Waals surface area contributed by atoms with Gasteiger partial charge < -0.3 is 34.7 Å². The summed E-state index contributed by atoms with van der Waals surface area (Å²) in [5.74, 6) is -1.53. The van der Waals surface area contributed by atoms with Crippen molar-refractivity contribution in [3.63, 3.8) is 0 Å². The number of pyridine rings is 1. The summed E-state index contributed by atoms with van der Waals surface area (Å²) in [4.78, 5) is 63.9. The fourth-order valence-corrected chi connectivity index (χ4v) is 11.9. The first-order chi connectivity index (χ1) is 33.3. The zero-order valence-corrected chi connectivity index (χ0v) is 42.2. The molecule has 3 fully saturated rings. The van der Waals surface area contributed by atoms with E-state index in [1.165, 1.54) is 9.31 Å². The Hall–Kier alpha value is -5.82. The number of rotatable bonds is 10. The molecule has 0 unspecified atom stereocenters. The number of hydrogen-bond donors (Lipinski definition) is 4. The number of phenolic OH excluding ortho intramolecular Hbond substituents is 1. The minimum absolute atomic E-state index is 0.0138. The largest absolute Gasteiger partial charge is 0.508 e. The summed E-state index contributed by atoms with van der Waals surface area (Å²) < 4.78 is 40.5. The number of sulfonamides is 1. The molecule has 0 aliphatic carbocycles. The summed E-state index contributed by atoms with van der Waals surface area (Å²) in [6, 6.07) is 13.3. The van der Waals surface area contributed by atoms with Gasteiger partial charge in [0.2, 0.25) is 21.8 Å². The summed E-state index contributed by atoms with van der Waals surface area (Å²) in [6.07, 6.45) is 2.84. The SMILES string of the molecule is C=CS(=O)(=O)N1CCC2(CCN([C@H](C(=O)N[C@H]3Cc4cc(O)cc(c4)-c4ccc5c(c4)c(c(-c4cccnc4[C@H](C)OC)n5CC)CC(C)(C)COC(=O)N[C@@H]4CCCN(N4)C3=O)C(C)C)C2=O)CC1. The molecule has 4 aliphatic rings. The number of hydrazine groups is 1. The van der Waals surface area contributed by atoms with E-state index in [4.69, 9.17) is 14.5 Å². The zero-order valence-electron chi connectivity index (χ0n) is 41.4. The Morgan fingerprint density at radius 3 is 2.49 bits per heavy atom. The number of fused-ring (bicyclic) bond motifs is 6. The minimum atomic E-state index is -3.64. The first-order valence-corrected chi connectivity index (χ1v) is 26.0. The third-order valence-corrected chi connectivity index (χ3v) is 16.2. The van der Waals surface area contributed by atoms with Crippen LogP contribution < -0.4 is 16.1 Å². The van der Waals surface area contributed by atoms with Crippen LogP contribution >= 0.6 is 0 Å². The highest BCUT2D eigenvalue weighted by molar-refractivity contribution is 7.92. The molecule has 0 radical (unpaired) electrons. The summed E-state index contributed by atoms with van der Waals surface area (Å²) in [5.41, 5.74) is 8.64.